The first-order valence-corrected chi connectivity index (χ1v) is 10.4. The van der Waals surface area contributed by atoms with Gasteiger partial charge in [-0.2, -0.15) is 0 Å². The molecule has 0 aliphatic heterocycles. The first-order chi connectivity index (χ1) is 15.9. The number of fused-ring (bicyclic) bond motifs is 2. The molecule has 1 aliphatic rings. The monoisotopic (exact) mass is 442 g/mol. The molecule has 1 unspecified atom stereocenters. The van der Waals surface area contributed by atoms with E-state index in [1.807, 2.05) is 30.3 Å². The summed E-state index contributed by atoms with van der Waals surface area (Å²) in [5.74, 6) is -1.70. The van der Waals surface area contributed by atoms with E-state index >= 15 is 0 Å². The number of hydrogen-bond donors (Lipinski definition) is 2. The van der Waals surface area contributed by atoms with Gasteiger partial charge >= 0.3 is 0 Å². The van der Waals surface area contributed by atoms with Crippen LogP contribution < -0.4 is 5.32 Å². The van der Waals surface area contributed by atoms with Crippen LogP contribution in [0.5, 0.6) is 0 Å². The van der Waals surface area contributed by atoms with Crippen molar-refractivity contribution >= 4 is 23.4 Å². The molecular formula is C26H22N2O5. The number of benzene rings is 3. The molecule has 0 bridgehead atoms. The van der Waals surface area contributed by atoms with Crippen molar-refractivity contribution in [2.45, 2.75) is 12.6 Å². The standard InChI is InChI=1S/C26H22N2O5/c1-28(14-16-7-3-2-4-8-16)26(33)22(15-29)27-25(32)17-11-12-20-21(13-17)24(31)19-10-6-5-9-18(19)23(20)30/h2-13,22,29H,14-15H2,1H3,(H,27,32). The number of likely N-dealkylation sites (N-methyl/N-ethyl adjacent to an activating group) is 1. The zero-order valence-corrected chi connectivity index (χ0v) is 17.9. The minimum Gasteiger partial charge on any atom is -0.394 e. The number of rotatable bonds is 6. The highest BCUT2D eigenvalue weighted by atomic mass is 16.3. The van der Waals surface area contributed by atoms with Crippen molar-refractivity contribution in [3.05, 3.63) is 106 Å². The molecule has 4 rings (SSSR count). The summed E-state index contributed by atoms with van der Waals surface area (Å²) in [6.07, 6.45) is 0. The Labute approximate surface area is 190 Å². The van der Waals surface area contributed by atoms with Gasteiger partial charge in [0.2, 0.25) is 5.91 Å². The topological polar surface area (TPSA) is 104 Å². The van der Waals surface area contributed by atoms with Crippen molar-refractivity contribution < 1.29 is 24.3 Å². The van der Waals surface area contributed by atoms with Crippen LogP contribution in [0.1, 0.15) is 47.8 Å². The molecular weight excluding hydrogens is 420 g/mol. The van der Waals surface area contributed by atoms with E-state index in [0.29, 0.717) is 17.7 Å². The number of aliphatic hydroxyl groups excluding tert-OH is 1. The lowest BCUT2D eigenvalue weighted by atomic mass is 9.83. The molecule has 0 fully saturated rings. The Morgan fingerprint density at radius 2 is 1.42 bits per heavy atom. The van der Waals surface area contributed by atoms with Gasteiger partial charge in [-0.1, -0.05) is 54.6 Å². The quantitative estimate of drug-likeness (QED) is 0.477. The van der Waals surface area contributed by atoms with Gasteiger partial charge in [-0.05, 0) is 23.8 Å². The number of aliphatic hydroxyl groups is 1. The molecule has 7 nitrogen and oxygen atoms in total. The number of nitrogens with one attached hydrogen (secondary N) is 1. The van der Waals surface area contributed by atoms with Crippen molar-refractivity contribution in [3.63, 3.8) is 0 Å². The van der Waals surface area contributed by atoms with Crippen LogP contribution in [0.3, 0.4) is 0 Å². The van der Waals surface area contributed by atoms with Crippen molar-refractivity contribution in [2.75, 3.05) is 13.7 Å². The third kappa shape index (κ3) is 4.31. The van der Waals surface area contributed by atoms with Gasteiger partial charge in [0.15, 0.2) is 11.6 Å². The molecule has 1 atom stereocenters. The molecule has 3 aromatic rings. The average molecular weight is 442 g/mol. The Morgan fingerprint density at radius 3 is 2.06 bits per heavy atom. The van der Waals surface area contributed by atoms with Crippen LogP contribution in [-0.2, 0) is 11.3 Å². The average Bonchev–Trinajstić information content (AvgIpc) is 2.85. The van der Waals surface area contributed by atoms with Crippen LogP contribution in [0.2, 0.25) is 0 Å². The summed E-state index contributed by atoms with van der Waals surface area (Å²) in [6, 6.07) is 19.0. The molecule has 7 heteroatoms. The summed E-state index contributed by atoms with van der Waals surface area (Å²) in [5, 5.41) is 12.2. The van der Waals surface area contributed by atoms with Crippen LogP contribution in [-0.4, -0.2) is 53.1 Å². The Kier molecular flexibility index (Phi) is 6.15. The van der Waals surface area contributed by atoms with E-state index in [1.165, 1.54) is 23.1 Å². The van der Waals surface area contributed by atoms with Crippen LogP contribution in [0.4, 0.5) is 0 Å². The van der Waals surface area contributed by atoms with E-state index in [0.717, 1.165) is 5.56 Å². The molecule has 2 N–H and O–H groups in total. The first-order valence-electron chi connectivity index (χ1n) is 10.4. The lowest BCUT2D eigenvalue weighted by molar-refractivity contribution is -0.133. The molecule has 0 saturated carbocycles. The van der Waals surface area contributed by atoms with Crippen LogP contribution in [0, 0.1) is 0 Å². The number of hydrogen-bond acceptors (Lipinski definition) is 5. The molecule has 2 amide bonds. The van der Waals surface area contributed by atoms with E-state index in [1.54, 1.807) is 31.3 Å². The maximum atomic E-state index is 12.9. The molecule has 166 valence electrons. The summed E-state index contributed by atoms with van der Waals surface area (Å²) >= 11 is 0. The van der Waals surface area contributed by atoms with E-state index in [9.17, 15) is 24.3 Å². The number of carbonyl (C=O) groups excluding carboxylic acids is 4. The van der Waals surface area contributed by atoms with Gasteiger partial charge in [0.25, 0.3) is 5.91 Å². The van der Waals surface area contributed by atoms with Crippen molar-refractivity contribution in [1.82, 2.24) is 10.2 Å². The zero-order chi connectivity index (χ0) is 23.5. The van der Waals surface area contributed by atoms with Gasteiger partial charge in [0.1, 0.15) is 6.04 Å². The summed E-state index contributed by atoms with van der Waals surface area (Å²) in [4.78, 5) is 52.6. The Balaban J connectivity index is 1.51. The summed E-state index contributed by atoms with van der Waals surface area (Å²) in [6.45, 7) is -0.264. The largest absolute Gasteiger partial charge is 0.394 e. The third-order valence-corrected chi connectivity index (χ3v) is 5.61. The maximum Gasteiger partial charge on any atom is 0.252 e. The highest BCUT2D eigenvalue weighted by Gasteiger charge is 2.30. The molecule has 1 aliphatic carbocycles. The molecule has 0 aromatic heterocycles. The summed E-state index contributed by atoms with van der Waals surface area (Å²) < 4.78 is 0. The predicted molar refractivity (Wildman–Crippen MR) is 121 cm³/mol. The second-order valence-electron chi connectivity index (χ2n) is 7.85. The predicted octanol–water partition coefficient (Wildman–Crippen LogP) is 2.21. The lowest BCUT2D eigenvalue weighted by Gasteiger charge is -2.24. The Morgan fingerprint density at radius 1 is 0.848 bits per heavy atom. The van der Waals surface area contributed by atoms with Crippen molar-refractivity contribution in [1.29, 1.82) is 0 Å². The fourth-order valence-electron chi connectivity index (χ4n) is 3.87. The fourth-order valence-corrected chi connectivity index (χ4v) is 3.87. The smallest absolute Gasteiger partial charge is 0.252 e. The van der Waals surface area contributed by atoms with Gasteiger partial charge < -0.3 is 15.3 Å². The molecule has 0 radical (unpaired) electrons. The summed E-state index contributed by atoms with van der Waals surface area (Å²) in [7, 11) is 1.59. The van der Waals surface area contributed by atoms with Gasteiger partial charge in [-0.15, -0.1) is 0 Å². The molecule has 0 heterocycles. The minimum absolute atomic E-state index is 0.117. The van der Waals surface area contributed by atoms with Crippen molar-refractivity contribution in [3.8, 4) is 0 Å². The van der Waals surface area contributed by atoms with Gasteiger partial charge in [0.05, 0.1) is 6.61 Å². The van der Waals surface area contributed by atoms with Crippen LogP contribution in [0.25, 0.3) is 0 Å². The van der Waals surface area contributed by atoms with E-state index < -0.39 is 24.5 Å². The molecule has 0 saturated heterocycles. The van der Waals surface area contributed by atoms with Gasteiger partial charge in [-0.3, -0.25) is 19.2 Å². The highest BCUT2D eigenvalue weighted by Crippen LogP contribution is 2.27. The number of nitrogens with zero attached hydrogens (tertiary/aromatic N) is 1. The van der Waals surface area contributed by atoms with E-state index in [4.69, 9.17) is 0 Å². The third-order valence-electron chi connectivity index (χ3n) is 5.61. The highest BCUT2D eigenvalue weighted by molar-refractivity contribution is 6.28. The van der Waals surface area contributed by atoms with Crippen LogP contribution in [0.15, 0.2) is 72.8 Å². The fraction of sp³-hybridized carbons (Fsp3) is 0.154. The first kappa shape index (κ1) is 22.1. The van der Waals surface area contributed by atoms with Crippen molar-refractivity contribution in [2.24, 2.45) is 0 Å². The Hall–Kier alpha value is -4.10. The van der Waals surface area contributed by atoms with Crippen LogP contribution >= 0.6 is 0 Å². The lowest BCUT2D eigenvalue weighted by Crippen LogP contribution is -2.49. The number of amides is 2. The normalized spacial score (nSPS) is 13.0. The molecule has 33 heavy (non-hydrogen) atoms. The molecule has 3 aromatic carbocycles. The van der Waals surface area contributed by atoms with Gasteiger partial charge in [-0.25, -0.2) is 0 Å². The van der Waals surface area contributed by atoms with E-state index in [2.05, 4.69) is 5.32 Å². The summed E-state index contributed by atoms with van der Waals surface area (Å²) in [5.41, 5.74) is 2.02. The zero-order valence-electron chi connectivity index (χ0n) is 17.9. The second-order valence-corrected chi connectivity index (χ2v) is 7.85. The second kappa shape index (κ2) is 9.18. The SMILES string of the molecule is CN(Cc1ccccc1)C(=O)C(CO)NC(=O)c1ccc2c(c1)C(=O)c1ccccc1C2=O. The van der Waals surface area contributed by atoms with E-state index in [-0.39, 0.29) is 28.3 Å². The molecule has 0 spiro atoms. The number of carbonyl (C=O) groups is 4. The van der Waals surface area contributed by atoms with Gasteiger partial charge in [0, 0.05) is 41.4 Å². The minimum atomic E-state index is -1.15. The Bertz CT molecular complexity index is 1250. The number of ketones is 2. The maximum absolute atomic E-state index is 12.9.